The highest BCUT2D eigenvalue weighted by atomic mass is 15.1. The van der Waals surface area contributed by atoms with Crippen LogP contribution in [0.3, 0.4) is 0 Å². The number of hydrogen-bond acceptors (Lipinski definition) is 2. The number of benzene rings is 1. The molecule has 0 aliphatic carbocycles. The van der Waals surface area contributed by atoms with Gasteiger partial charge in [0.1, 0.15) is 5.82 Å². The van der Waals surface area contributed by atoms with Gasteiger partial charge in [0, 0.05) is 19.4 Å². The van der Waals surface area contributed by atoms with Gasteiger partial charge >= 0.3 is 0 Å². The first kappa shape index (κ1) is 12.8. The van der Waals surface area contributed by atoms with Crippen LogP contribution in [0.15, 0.2) is 42.7 Å². The van der Waals surface area contributed by atoms with Crippen LogP contribution in [0.2, 0.25) is 0 Å². The van der Waals surface area contributed by atoms with E-state index in [4.69, 9.17) is 0 Å². The van der Waals surface area contributed by atoms with Crippen LogP contribution in [0, 0.1) is 0 Å². The maximum Gasteiger partial charge on any atom is 0.125 e. The Labute approximate surface area is 109 Å². The monoisotopic (exact) mass is 243 g/mol. The fourth-order valence-electron chi connectivity index (χ4n) is 2.14. The van der Waals surface area contributed by atoms with Crippen LogP contribution in [0.4, 0.5) is 0 Å². The van der Waals surface area contributed by atoms with Crippen LogP contribution in [-0.4, -0.2) is 16.1 Å². The molecule has 1 unspecified atom stereocenters. The van der Waals surface area contributed by atoms with Gasteiger partial charge < -0.3 is 9.88 Å². The molecule has 3 nitrogen and oxygen atoms in total. The molecule has 0 spiro atoms. The van der Waals surface area contributed by atoms with Crippen LogP contribution in [-0.2, 0) is 13.5 Å². The highest BCUT2D eigenvalue weighted by molar-refractivity contribution is 5.17. The smallest absolute Gasteiger partial charge is 0.125 e. The maximum atomic E-state index is 4.47. The van der Waals surface area contributed by atoms with E-state index >= 15 is 0 Å². The normalized spacial score (nSPS) is 12.6. The van der Waals surface area contributed by atoms with E-state index in [0.717, 1.165) is 25.2 Å². The Balaban J connectivity index is 2.13. The topological polar surface area (TPSA) is 29.9 Å². The van der Waals surface area contributed by atoms with Gasteiger partial charge in [0.05, 0.1) is 6.04 Å². The van der Waals surface area contributed by atoms with Gasteiger partial charge in [-0.1, -0.05) is 37.3 Å². The van der Waals surface area contributed by atoms with Crippen molar-refractivity contribution < 1.29 is 0 Å². The number of aromatic nitrogens is 2. The average molecular weight is 243 g/mol. The minimum atomic E-state index is 0.285. The zero-order valence-electron chi connectivity index (χ0n) is 11.1. The standard InChI is InChI=1S/C15H21N3/c1-3-9-16-14(15-17-10-11-18(15)2)12-13-7-5-4-6-8-13/h4-8,10-11,14,16H,3,9,12H2,1-2H3. The van der Waals surface area contributed by atoms with Crippen molar-refractivity contribution >= 4 is 0 Å². The van der Waals surface area contributed by atoms with E-state index in [2.05, 4.69) is 52.1 Å². The van der Waals surface area contributed by atoms with E-state index < -0.39 is 0 Å². The lowest BCUT2D eigenvalue weighted by atomic mass is 10.1. The Morgan fingerprint density at radius 3 is 2.67 bits per heavy atom. The third-order valence-electron chi connectivity index (χ3n) is 3.09. The molecule has 1 aromatic carbocycles. The third kappa shape index (κ3) is 3.20. The lowest BCUT2D eigenvalue weighted by Crippen LogP contribution is -2.26. The number of aryl methyl sites for hydroxylation is 1. The van der Waals surface area contributed by atoms with E-state index in [1.165, 1.54) is 5.56 Å². The minimum Gasteiger partial charge on any atom is -0.337 e. The van der Waals surface area contributed by atoms with Crippen LogP contribution in [0.1, 0.15) is 30.8 Å². The number of hydrogen-bond donors (Lipinski definition) is 1. The zero-order chi connectivity index (χ0) is 12.8. The first-order valence-corrected chi connectivity index (χ1v) is 6.55. The van der Waals surface area contributed by atoms with Gasteiger partial charge in [-0.2, -0.15) is 0 Å². The molecule has 0 fully saturated rings. The molecule has 1 aromatic heterocycles. The second-order valence-electron chi connectivity index (χ2n) is 4.59. The van der Waals surface area contributed by atoms with Crippen LogP contribution in [0.25, 0.3) is 0 Å². The lowest BCUT2D eigenvalue weighted by Gasteiger charge is -2.18. The van der Waals surface area contributed by atoms with E-state index in [-0.39, 0.29) is 6.04 Å². The quantitative estimate of drug-likeness (QED) is 0.845. The van der Waals surface area contributed by atoms with E-state index in [1.807, 2.05) is 19.4 Å². The Hall–Kier alpha value is -1.61. The molecule has 18 heavy (non-hydrogen) atoms. The highest BCUT2D eigenvalue weighted by Gasteiger charge is 2.15. The molecule has 0 aliphatic heterocycles. The molecule has 1 heterocycles. The first-order valence-electron chi connectivity index (χ1n) is 6.55. The second kappa shape index (κ2) is 6.36. The highest BCUT2D eigenvalue weighted by Crippen LogP contribution is 2.16. The predicted molar refractivity (Wildman–Crippen MR) is 74.4 cm³/mol. The Morgan fingerprint density at radius 1 is 1.28 bits per heavy atom. The summed E-state index contributed by atoms with van der Waals surface area (Å²) < 4.78 is 2.09. The van der Waals surface area contributed by atoms with Gasteiger partial charge in [0.15, 0.2) is 0 Å². The largest absolute Gasteiger partial charge is 0.337 e. The summed E-state index contributed by atoms with van der Waals surface area (Å²) in [5.74, 6) is 1.10. The molecule has 0 amide bonds. The van der Waals surface area contributed by atoms with E-state index in [0.29, 0.717) is 0 Å². The molecule has 2 aromatic rings. The van der Waals surface area contributed by atoms with Crippen molar-refractivity contribution in [2.24, 2.45) is 7.05 Å². The van der Waals surface area contributed by atoms with Gasteiger partial charge in [-0.25, -0.2) is 4.98 Å². The first-order chi connectivity index (χ1) is 8.81. The minimum absolute atomic E-state index is 0.285. The maximum absolute atomic E-state index is 4.47. The molecule has 0 saturated carbocycles. The number of nitrogens with one attached hydrogen (secondary N) is 1. The van der Waals surface area contributed by atoms with Crippen molar-refractivity contribution in [1.82, 2.24) is 14.9 Å². The Bertz CT molecular complexity index is 462. The van der Waals surface area contributed by atoms with Crippen LogP contribution < -0.4 is 5.32 Å². The lowest BCUT2D eigenvalue weighted by molar-refractivity contribution is 0.491. The summed E-state index contributed by atoms with van der Waals surface area (Å²) in [6, 6.07) is 10.9. The fraction of sp³-hybridized carbons (Fsp3) is 0.400. The Morgan fingerprint density at radius 2 is 2.06 bits per heavy atom. The summed E-state index contributed by atoms with van der Waals surface area (Å²) in [7, 11) is 2.05. The SMILES string of the molecule is CCCNC(Cc1ccccc1)c1nccn1C. The fourth-order valence-corrected chi connectivity index (χ4v) is 2.14. The number of rotatable bonds is 6. The molecule has 0 aliphatic rings. The van der Waals surface area contributed by atoms with Crippen molar-refractivity contribution in [2.45, 2.75) is 25.8 Å². The van der Waals surface area contributed by atoms with Gasteiger partial charge in [-0.05, 0) is 24.9 Å². The third-order valence-corrected chi connectivity index (χ3v) is 3.09. The van der Waals surface area contributed by atoms with Crippen LogP contribution >= 0.6 is 0 Å². The Kier molecular flexibility index (Phi) is 4.53. The van der Waals surface area contributed by atoms with Gasteiger partial charge in [0.2, 0.25) is 0 Å². The van der Waals surface area contributed by atoms with E-state index in [1.54, 1.807) is 0 Å². The molecule has 3 heteroatoms. The number of nitrogens with zero attached hydrogens (tertiary/aromatic N) is 2. The summed E-state index contributed by atoms with van der Waals surface area (Å²) in [5, 5.41) is 3.58. The molecule has 96 valence electrons. The predicted octanol–water partition coefficient (Wildman–Crippen LogP) is 2.70. The summed E-state index contributed by atoms with van der Waals surface area (Å²) in [5.41, 5.74) is 1.34. The molecule has 1 atom stereocenters. The summed E-state index contributed by atoms with van der Waals surface area (Å²) in [6.45, 7) is 3.20. The molecule has 2 rings (SSSR count). The van der Waals surface area contributed by atoms with Crippen molar-refractivity contribution in [3.63, 3.8) is 0 Å². The summed E-state index contributed by atoms with van der Waals surface area (Å²) in [4.78, 5) is 4.47. The van der Waals surface area contributed by atoms with Gasteiger partial charge in [-0.3, -0.25) is 0 Å². The van der Waals surface area contributed by atoms with Crippen LogP contribution in [0.5, 0.6) is 0 Å². The van der Waals surface area contributed by atoms with E-state index in [9.17, 15) is 0 Å². The van der Waals surface area contributed by atoms with Gasteiger partial charge in [0.25, 0.3) is 0 Å². The van der Waals surface area contributed by atoms with Gasteiger partial charge in [-0.15, -0.1) is 0 Å². The number of imidazole rings is 1. The summed E-state index contributed by atoms with van der Waals surface area (Å²) >= 11 is 0. The van der Waals surface area contributed by atoms with Crippen molar-refractivity contribution in [3.05, 3.63) is 54.1 Å². The molecule has 0 radical (unpaired) electrons. The zero-order valence-corrected chi connectivity index (χ0v) is 11.1. The second-order valence-corrected chi connectivity index (χ2v) is 4.59. The molecular weight excluding hydrogens is 222 g/mol. The summed E-state index contributed by atoms with van der Waals surface area (Å²) in [6.07, 6.45) is 5.98. The van der Waals surface area contributed by atoms with Crippen molar-refractivity contribution in [2.75, 3.05) is 6.54 Å². The molecular formula is C15H21N3. The van der Waals surface area contributed by atoms with Crippen molar-refractivity contribution in [3.8, 4) is 0 Å². The molecule has 1 N–H and O–H groups in total. The molecule has 0 saturated heterocycles. The molecule has 0 bridgehead atoms. The average Bonchev–Trinajstić information content (AvgIpc) is 2.82. The van der Waals surface area contributed by atoms with Crippen molar-refractivity contribution in [1.29, 1.82) is 0 Å².